The van der Waals surface area contributed by atoms with E-state index in [1.807, 2.05) is 36.4 Å². The van der Waals surface area contributed by atoms with E-state index >= 15 is 0 Å². The average Bonchev–Trinajstić information content (AvgIpc) is 2.79. The van der Waals surface area contributed by atoms with E-state index in [2.05, 4.69) is 5.32 Å². The van der Waals surface area contributed by atoms with Crippen LogP contribution >= 0.6 is 0 Å². The minimum absolute atomic E-state index is 0.0790. The summed E-state index contributed by atoms with van der Waals surface area (Å²) in [5.41, 5.74) is 0.788. The molecule has 8 heteroatoms. The fourth-order valence-corrected chi connectivity index (χ4v) is 3.71. The van der Waals surface area contributed by atoms with Crippen LogP contribution in [0.3, 0.4) is 0 Å². The molecule has 34 heavy (non-hydrogen) atoms. The van der Waals surface area contributed by atoms with Gasteiger partial charge in [-0.1, -0.05) is 60.7 Å². The summed E-state index contributed by atoms with van der Waals surface area (Å²) in [5, 5.41) is 2.51. The SMILES string of the molecule is CC(NC(=O)OCc1ccccc1)C(=O)CC1C(=O)N(C(=O)OC(C)(C)C)C1c1ccccc1. The topological polar surface area (TPSA) is 102 Å². The van der Waals surface area contributed by atoms with E-state index in [1.54, 1.807) is 52.0 Å². The molecule has 0 spiro atoms. The van der Waals surface area contributed by atoms with Gasteiger partial charge in [-0.2, -0.15) is 0 Å². The molecule has 3 amide bonds. The van der Waals surface area contributed by atoms with Gasteiger partial charge in [0.25, 0.3) is 0 Å². The van der Waals surface area contributed by atoms with Crippen molar-refractivity contribution in [1.29, 1.82) is 0 Å². The Balaban J connectivity index is 1.63. The number of likely N-dealkylation sites (tertiary alicyclic amines) is 1. The van der Waals surface area contributed by atoms with Gasteiger partial charge in [-0.15, -0.1) is 0 Å². The second-order valence-electron chi connectivity index (χ2n) is 9.25. The predicted octanol–water partition coefficient (Wildman–Crippen LogP) is 4.40. The number of β-lactam (4-membered cyclic amide) rings is 1. The fourth-order valence-electron chi connectivity index (χ4n) is 3.71. The number of hydrogen-bond acceptors (Lipinski definition) is 6. The lowest BCUT2D eigenvalue weighted by atomic mass is 9.79. The number of amides is 3. The number of ether oxygens (including phenoxy) is 2. The number of nitrogens with zero attached hydrogens (tertiary/aromatic N) is 1. The van der Waals surface area contributed by atoms with Crippen LogP contribution in [0, 0.1) is 5.92 Å². The molecular formula is C26H30N2O6. The summed E-state index contributed by atoms with van der Waals surface area (Å²) in [4.78, 5) is 51.5. The van der Waals surface area contributed by atoms with Crippen molar-refractivity contribution < 1.29 is 28.7 Å². The number of carbonyl (C=O) groups excluding carboxylic acids is 4. The highest BCUT2D eigenvalue weighted by molar-refractivity contribution is 6.02. The molecule has 1 heterocycles. The van der Waals surface area contributed by atoms with Gasteiger partial charge in [0.15, 0.2) is 5.78 Å². The Morgan fingerprint density at radius 3 is 2.18 bits per heavy atom. The van der Waals surface area contributed by atoms with Crippen molar-refractivity contribution >= 4 is 23.9 Å². The highest BCUT2D eigenvalue weighted by Crippen LogP contribution is 2.43. The Hall–Kier alpha value is -3.68. The van der Waals surface area contributed by atoms with Crippen molar-refractivity contribution in [3.8, 4) is 0 Å². The number of hydrogen-bond donors (Lipinski definition) is 1. The molecule has 0 saturated carbocycles. The Morgan fingerprint density at radius 2 is 1.59 bits per heavy atom. The van der Waals surface area contributed by atoms with Crippen molar-refractivity contribution in [2.45, 2.75) is 58.4 Å². The molecule has 2 aromatic carbocycles. The van der Waals surface area contributed by atoms with E-state index in [0.29, 0.717) is 0 Å². The van der Waals surface area contributed by atoms with Crippen molar-refractivity contribution in [1.82, 2.24) is 10.2 Å². The normalized spacial score (nSPS) is 18.5. The number of ketones is 1. The van der Waals surface area contributed by atoms with Crippen LogP contribution in [-0.4, -0.2) is 40.4 Å². The molecule has 180 valence electrons. The Kier molecular flexibility index (Phi) is 7.71. The molecule has 3 unspecified atom stereocenters. The lowest BCUT2D eigenvalue weighted by molar-refractivity contribution is -0.157. The van der Waals surface area contributed by atoms with Crippen molar-refractivity contribution in [3.63, 3.8) is 0 Å². The van der Waals surface area contributed by atoms with Crippen LogP contribution in [0.1, 0.15) is 51.3 Å². The Morgan fingerprint density at radius 1 is 1.00 bits per heavy atom. The lowest BCUT2D eigenvalue weighted by Crippen LogP contribution is -2.59. The molecule has 3 rings (SSSR count). The summed E-state index contributed by atoms with van der Waals surface area (Å²) in [7, 11) is 0. The Labute approximate surface area is 199 Å². The van der Waals surface area contributed by atoms with E-state index < -0.39 is 41.7 Å². The predicted molar refractivity (Wildman–Crippen MR) is 125 cm³/mol. The highest BCUT2D eigenvalue weighted by Gasteiger charge is 2.53. The zero-order chi connectivity index (χ0) is 24.9. The van der Waals surface area contributed by atoms with Crippen LogP contribution in [0.2, 0.25) is 0 Å². The molecule has 8 nitrogen and oxygen atoms in total. The summed E-state index contributed by atoms with van der Waals surface area (Å²) in [6.07, 6.45) is -1.59. The number of imide groups is 1. The summed E-state index contributed by atoms with van der Waals surface area (Å²) in [6, 6.07) is 16.7. The van der Waals surface area contributed by atoms with Gasteiger partial charge < -0.3 is 14.8 Å². The van der Waals surface area contributed by atoms with Crippen LogP contribution in [0.25, 0.3) is 0 Å². The van der Waals surface area contributed by atoms with E-state index in [4.69, 9.17) is 9.47 Å². The monoisotopic (exact) mass is 466 g/mol. The van der Waals surface area contributed by atoms with Crippen molar-refractivity contribution in [3.05, 3.63) is 71.8 Å². The van der Waals surface area contributed by atoms with Gasteiger partial charge in [-0.3, -0.25) is 9.59 Å². The summed E-state index contributed by atoms with van der Waals surface area (Å²) in [6.45, 7) is 6.78. The minimum atomic E-state index is -0.858. The first-order valence-electron chi connectivity index (χ1n) is 11.2. The van der Waals surface area contributed by atoms with E-state index in [9.17, 15) is 19.2 Å². The molecule has 1 aliphatic rings. The zero-order valence-electron chi connectivity index (χ0n) is 19.8. The quantitative estimate of drug-likeness (QED) is 0.607. The molecule has 1 fully saturated rings. The maximum absolute atomic E-state index is 12.9. The lowest BCUT2D eigenvalue weighted by Gasteiger charge is -2.45. The van der Waals surface area contributed by atoms with E-state index in [-0.39, 0.29) is 18.8 Å². The number of rotatable bonds is 7. The smallest absolute Gasteiger partial charge is 0.417 e. The third-order valence-corrected chi connectivity index (χ3v) is 5.40. The number of Topliss-reactive ketones (excluding diaryl/α,β-unsaturated/α-hetero) is 1. The molecule has 0 bridgehead atoms. The third kappa shape index (κ3) is 6.21. The first kappa shape index (κ1) is 25.0. The van der Waals surface area contributed by atoms with E-state index in [0.717, 1.165) is 16.0 Å². The molecule has 1 aliphatic heterocycles. The molecule has 1 N–H and O–H groups in total. The molecule has 0 aromatic heterocycles. The van der Waals surface area contributed by atoms with Crippen LogP contribution in [-0.2, 0) is 25.7 Å². The maximum atomic E-state index is 12.9. The van der Waals surface area contributed by atoms with Gasteiger partial charge in [-0.05, 0) is 38.8 Å². The van der Waals surface area contributed by atoms with Gasteiger partial charge in [-0.25, -0.2) is 14.5 Å². The maximum Gasteiger partial charge on any atom is 0.417 e. The van der Waals surface area contributed by atoms with Crippen LogP contribution in [0.15, 0.2) is 60.7 Å². The fraction of sp³-hybridized carbons (Fsp3) is 0.385. The first-order valence-corrected chi connectivity index (χ1v) is 11.2. The van der Waals surface area contributed by atoms with Crippen LogP contribution in [0.4, 0.5) is 9.59 Å². The van der Waals surface area contributed by atoms with Crippen molar-refractivity contribution in [2.24, 2.45) is 5.92 Å². The summed E-state index contributed by atoms with van der Waals surface area (Å²) >= 11 is 0. The number of alkyl carbamates (subject to hydrolysis) is 1. The molecule has 2 aromatic rings. The standard InChI is InChI=1S/C26H30N2O6/c1-17(27-24(31)33-16-18-11-7-5-8-12-18)21(29)15-20-22(19-13-9-6-10-14-19)28(23(20)30)25(32)34-26(2,3)4/h5-14,17,20,22H,15-16H2,1-4H3,(H,27,31). The molecule has 0 radical (unpaired) electrons. The zero-order valence-corrected chi connectivity index (χ0v) is 19.8. The summed E-state index contributed by atoms with van der Waals surface area (Å²) in [5.74, 6) is -1.54. The second-order valence-corrected chi connectivity index (χ2v) is 9.25. The summed E-state index contributed by atoms with van der Waals surface area (Å²) < 4.78 is 10.6. The largest absolute Gasteiger partial charge is 0.445 e. The first-order chi connectivity index (χ1) is 16.1. The number of benzene rings is 2. The van der Waals surface area contributed by atoms with Gasteiger partial charge in [0.05, 0.1) is 18.0 Å². The number of carbonyl (C=O) groups is 4. The molecule has 0 aliphatic carbocycles. The van der Waals surface area contributed by atoms with Gasteiger partial charge in [0.1, 0.15) is 12.2 Å². The number of nitrogens with one attached hydrogen (secondary N) is 1. The third-order valence-electron chi connectivity index (χ3n) is 5.40. The van der Waals surface area contributed by atoms with Gasteiger partial charge in [0.2, 0.25) is 5.91 Å². The Bertz CT molecular complexity index is 1030. The van der Waals surface area contributed by atoms with E-state index in [1.165, 1.54) is 0 Å². The minimum Gasteiger partial charge on any atom is -0.445 e. The van der Waals surface area contributed by atoms with Crippen molar-refractivity contribution in [2.75, 3.05) is 0 Å². The highest BCUT2D eigenvalue weighted by atomic mass is 16.6. The molecular weight excluding hydrogens is 436 g/mol. The average molecular weight is 467 g/mol. The van der Waals surface area contributed by atoms with Crippen LogP contribution < -0.4 is 5.32 Å². The van der Waals surface area contributed by atoms with Crippen LogP contribution in [0.5, 0.6) is 0 Å². The molecule has 3 atom stereocenters. The second kappa shape index (κ2) is 10.5. The van der Waals surface area contributed by atoms with Gasteiger partial charge >= 0.3 is 12.2 Å². The molecule has 1 saturated heterocycles. The van der Waals surface area contributed by atoms with Gasteiger partial charge in [0, 0.05) is 6.42 Å².